The highest BCUT2D eigenvalue weighted by Gasteiger charge is 2.05. The summed E-state index contributed by atoms with van der Waals surface area (Å²) >= 11 is 0. The van der Waals surface area contributed by atoms with Gasteiger partial charge in [0.05, 0.1) is 13.7 Å². The molecule has 0 unspecified atom stereocenters. The van der Waals surface area contributed by atoms with Crippen LogP contribution in [0.3, 0.4) is 0 Å². The molecule has 0 aromatic carbocycles. The Morgan fingerprint density at radius 1 is 1.47 bits per heavy atom. The van der Waals surface area contributed by atoms with Crippen LogP contribution < -0.4 is 10.3 Å². The topological polar surface area (TPSA) is 57.5 Å². The number of rotatable bonds is 6. The van der Waals surface area contributed by atoms with Gasteiger partial charge in [0.25, 0.3) is 5.56 Å². The maximum atomic E-state index is 11.8. The van der Waals surface area contributed by atoms with Crippen molar-refractivity contribution in [1.82, 2.24) is 4.57 Å². The minimum Gasteiger partial charge on any atom is -0.488 e. The average molecular weight is 239 g/mol. The van der Waals surface area contributed by atoms with Crippen LogP contribution in [0, 0.1) is 0 Å². The second-order valence-electron chi connectivity index (χ2n) is 3.48. The van der Waals surface area contributed by atoms with Crippen LogP contribution in [-0.4, -0.2) is 24.3 Å². The molecule has 5 nitrogen and oxygen atoms in total. The monoisotopic (exact) mass is 239 g/mol. The van der Waals surface area contributed by atoms with Crippen molar-refractivity contribution in [2.45, 2.75) is 26.3 Å². The van der Waals surface area contributed by atoms with E-state index in [9.17, 15) is 9.59 Å². The second kappa shape index (κ2) is 6.73. The molecule has 0 aliphatic carbocycles. The molecule has 5 heteroatoms. The molecule has 17 heavy (non-hydrogen) atoms. The van der Waals surface area contributed by atoms with Crippen LogP contribution in [0.25, 0.3) is 0 Å². The number of carbonyl (C=O) groups is 1. The fourth-order valence-electron chi connectivity index (χ4n) is 1.45. The highest BCUT2D eigenvalue weighted by molar-refractivity contribution is 5.68. The first-order valence-electron chi connectivity index (χ1n) is 5.58. The summed E-state index contributed by atoms with van der Waals surface area (Å²) in [6.45, 7) is 2.77. The molecule has 0 fully saturated rings. The predicted molar refractivity (Wildman–Crippen MR) is 63.1 cm³/mol. The van der Waals surface area contributed by atoms with E-state index in [1.54, 1.807) is 18.3 Å². The third kappa shape index (κ3) is 3.94. The Bertz CT molecular complexity index is 425. The van der Waals surface area contributed by atoms with Crippen molar-refractivity contribution in [3.8, 4) is 5.75 Å². The smallest absolute Gasteiger partial charge is 0.305 e. The molecule has 0 N–H and O–H groups in total. The molecule has 0 saturated carbocycles. The molecule has 1 aromatic rings. The Hall–Kier alpha value is -1.78. The molecule has 94 valence electrons. The number of nitrogens with zero attached hydrogens (tertiary/aromatic N) is 1. The van der Waals surface area contributed by atoms with Gasteiger partial charge in [-0.3, -0.25) is 9.59 Å². The van der Waals surface area contributed by atoms with Gasteiger partial charge in [0.1, 0.15) is 0 Å². The molecule has 1 rings (SSSR count). The zero-order valence-electron chi connectivity index (χ0n) is 10.1. The van der Waals surface area contributed by atoms with Crippen molar-refractivity contribution in [3.05, 3.63) is 28.7 Å². The number of pyridine rings is 1. The first-order chi connectivity index (χ1) is 8.19. The van der Waals surface area contributed by atoms with Crippen molar-refractivity contribution in [1.29, 1.82) is 0 Å². The van der Waals surface area contributed by atoms with Crippen molar-refractivity contribution >= 4 is 5.97 Å². The zero-order valence-corrected chi connectivity index (χ0v) is 10.1. The summed E-state index contributed by atoms with van der Waals surface area (Å²) in [5, 5.41) is 0. The minimum absolute atomic E-state index is 0.167. The quantitative estimate of drug-likeness (QED) is 0.700. The highest BCUT2D eigenvalue weighted by atomic mass is 16.5. The number of aromatic nitrogens is 1. The van der Waals surface area contributed by atoms with Gasteiger partial charge in [-0.2, -0.15) is 0 Å². The third-order valence-corrected chi connectivity index (χ3v) is 2.29. The van der Waals surface area contributed by atoms with Crippen LogP contribution in [0.5, 0.6) is 5.75 Å². The van der Waals surface area contributed by atoms with Crippen LogP contribution in [0.1, 0.15) is 19.8 Å². The highest BCUT2D eigenvalue weighted by Crippen LogP contribution is 2.03. The summed E-state index contributed by atoms with van der Waals surface area (Å²) in [5.41, 5.74) is -0.167. The lowest BCUT2D eigenvalue weighted by Crippen LogP contribution is -2.21. The molecular formula is C12H17NO4. The van der Waals surface area contributed by atoms with E-state index in [1.807, 2.05) is 6.92 Å². The van der Waals surface area contributed by atoms with Gasteiger partial charge in [-0.25, -0.2) is 0 Å². The van der Waals surface area contributed by atoms with Crippen molar-refractivity contribution in [2.24, 2.45) is 0 Å². The van der Waals surface area contributed by atoms with Gasteiger partial charge >= 0.3 is 5.97 Å². The predicted octanol–water partition coefficient (Wildman–Crippen LogP) is 1.20. The van der Waals surface area contributed by atoms with Gasteiger partial charge in [0.15, 0.2) is 5.75 Å². The molecule has 0 radical (unpaired) electrons. The van der Waals surface area contributed by atoms with Crippen molar-refractivity contribution < 1.29 is 14.3 Å². The summed E-state index contributed by atoms with van der Waals surface area (Å²) in [5.74, 6) is 0.0760. The lowest BCUT2D eigenvalue weighted by molar-refractivity contribution is -0.140. The van der Waals surface area contributed by atoms with E-state index < -0.39 is 0 Å². The third-order valence-electron chi connectivity index (χ3n) is 2.29. The normalized spacial score (nSPS) is 10.0. The molecule has 0 amide bonds. The van der Waals surface area contributed by atoms with Gasteiger partial charge in [0, 0.05) is 19.2 Å². The molecule has 1 heterocycles. The van der Waals surface area contributed by atoms with Crippen LogP contribution in [-0.2, 0) is 16.1 Å². The van der Waals surface area contributed by atoms with Gasteiger partial charge in [0.2, 0.25) is 0 Å². The fraction of sp³-hybridized carbons (Fsp3) is 0.500. The Morgan fingerprint density at radius 2 is 2.24 bits per heavy atom. The SMILES string of the molecule is CCOc1cccn(CCCC(=O)OC)c1=O. The summed E-state index contributed by atoms with van der Waals surface area (Å²) in [7, 11) is 1.35. The zero-order chi connectivity index (χ0) is 12.7. The van der Waals surface area contributed by atoms with E-state index in [4.69, 9.17) is 4.74 Å². The van der Waals surface area contributed by atoms with Crippen LogP contribution >= 0.6 is 0 Å². The first-order valence-corrected chi connectivity index (χ1v) is 5.58. The Balaban J connectivity index is 2.62. The first kappa shape index (κ1) is 13.3. The number of hydrogen-bond donors (Lipinski definition) is 0. The van der Waals surface area contributed by atoms with Gasteiger partial charge in [-0.15, -0.1) is 0 Å². The number of ether oxygens (including phenoxy) is 2. The number of hydrogen-bond acceptors (Lipinski definition) is 4. The standard InChI is InChI=1S/C12H17NO4/c1-3-17-10-6-4-8-13(12(10)15)9-5-7-11(14)16-2/h4,6,8H,3,5,7,9H2,1-2H3. The lowest BCUT2D eigenvalue weighted by atomic mass is 10.3. The minimum atomic E-state index is -0.265. The molecule has 0 atom stereocenters. The van der Waals surface area contributed by atoms with Crippen molar-refractivity contribution in [2.75, 3.05) is 13.7 Å². The van der Waals surface area contributed by atoms with Crippen LogP contribution in [0.4, 0.5) is 0 Å². The molecule has 0 bridgehead atoms. The molecule has 0 saturated heterocycles. The van der Waals surface area contributed by atoms with Crippen molar-refractivity contribution in [3.63, 3.8) is 0 Å². The van der Waals surface area contributed by atoms with E-state index in [0.29, 0.717) is 31.7 Å². The summed E-state index contributed by atoms with van der Waals surface area (Å²) in [6.07, 6.45) is 2.56. The maximum Gasteiger partial charge on any atom is 0.305 e. The number of methoxy groups -OCH3 is 1. The Labute approximate surface area is 100.0 Å². The Morgan fingerprint density at radius 3 is 2.88 bits per heavy atom. The molecule has 0 spiro atoms. The second-order valence-corrected chi connectivity index (χ2v) is 3.48. The summed E-state index contributed by atoms with van der Waals surface area (Å²) in [6, 6.07) is 3.40. The van der Waals surface area contributed by atoms with E-state index >= 15 is 0 Å². The van der Waals surface area contributed by atoms with Gasteiger partial charge in [-0.05, 0) is 25.5 Å². The lowest BCUT2D eigenvalue weighted by Gasteiger charge is -2.07. The van der Waals surface area contributed by atoms with Gasteiger partial charge < -0.3 is 14.0 Å². The fourth-order valence-corrected chi connectivity index (χ4v) is 1.45. The molecule has 1 aromatic heterocycles. The van der Waals surface area contributed by atoms with E-state index in [-0.39, 0.29) is 11.5 Å². The maximum absolute atomic E-state index is 11.8. The number of esters is 1. The van der Waals surface area contributed by atoms with Crippen LogP contribution in [0.15, 0.2) is 23.1 Å². The van der Waals surface area contributed by atoms with E-state index in [0.717, 1.165) is 0 Å². The van der Waals surface area contributed by atoms with E-state index in [2.05, 4.69) is 4.74 Å². The number of carbonyl (C=O) groups excluding carboxylic acids is 1. The summed E-state index contributed by atoms with van der Waals surface area (Å²) in [4.78, 5) is 22.7. The number of aryl methyl sites for hydroxylation is 1. The largest absolute Gasteiger partial charge is 0.488 e. The summed E-state index contributed by atoms with van der Waals surface area (Å²) < 4.78 is 11.3. The average Bonchev–Trinajstić information content (AvgIpc) is 2.33. The molecule has 0 aliphatic heterocycles. The molecule has 0 aliphatic rings. The molecular weight excluding hydrogens is 222 g/mol. The Kier molecular flexibility index (Phi) is 5.26. The van der Waals surface area contributed by atoms with E-state index in [1.165, 1.54) is 11.7 Å². The van der Waals surface area contributed by atoms with Crippen LogP contribution in [0.2, 0.25) is 0 Å². The van der Waals surface area contributed by atoms with Gasteiger partial charge in [-0.1, -0.05) is 0 Å².